The number of fused-ring (bicyclic) bond motifs is 1. The van der Waals surface area contributed by atoms with E-state index in [1.807, 2.05) is 50.2 Å². The van der Waals surface area contributed by atoms with Gasteiger partial charge in [-0.3, -0.25) is 9.59 Å². The molecule has 3 aromatic carbocycles. The van der Waals surface area contributed by atoms with E-state index in [4.69, 9.17) is 4.74 Å². The lowest BCUT2D eigenvalue weighted by molar-refractivity contribution is -0.115. The molecule has 1 aromatic heterocycles. The Morgan fingerprint density at radius 1 is 1.06 bits per heavy atom. The lowest BCUT2D eigenvalue weighted by atomic mass is 10.2. The number of benzene rings is 3. The molecule has 0 aliphatic heterocycles. The van der Waals surface area contributed by atoms with Gasteiger partial charge in [0.2, 0.25) is 5.91 Å². The number of hydrogen-bond donors (Lipinski definition) is 2. The number of anilines is 2. The number of carbonyl (C=O) groups excluding carboxylic acids is 2. The predicted molar refractivity (Wildman–Crippen MR) is 140 cm³/mol. The molecule has 1 atom stereocenters. The highest BCUT2D eigenvalue weighted by molar-refractivity contribution is 8.00. The SMILES string of the molecule is CCOc1ccc2nc(NC(=O)C(CC)Sc3cccc(NC(=O)c4ccc(F)cc4)c3)sc2c1. The molecule has 1 heterocycles. The van der Waals surface area contributed by atoms with Crippen molar-refractivity contribution >= 4 is 55.9 Å². The maximum absolute atomic E-state index is 13.1. The van der Waals surface area contributed by atoms with Crippen LogP contribution in [0.5, 0.6) is 5.75 Å². The van der Waals surface area contributed by atoms with Crippen LogP contribution in [0.2, 0.25) is 0 Å². The molecule has 0 spiro atoms. The molecular weight excluding hydrogens is 485 g/mol. The van der Waals surface area contributed by atoms with E-state index < -0.39 is 5.82 Å². The van der Waals surface area contributed by atoms with Crippen molar-refractivity contribution in [1.82, 2.24) is 4.98 Å². The topological polar surface area (TPSA) is 80.3 Å². The van der Waals surface area contributed by atoms with Crippen LogP contribution in [-0.4, -0.2) is 28.7 Å². The van der Waals surface area contributed by atoms with Crippen molar-refractivity contribution in [3.8, 4) is 5.75 Å². The van der Waals surface area contributed by atoms with Gasteiger partial charge in [0.1, 0.15) is 11.6 Å². The van der Waals surface area contributed by atoms with Crippen molar-refractivity contribution in [2.45, 2.75) is 30.4 Å². The van der Waals surface area contributed by atoms with E-state index in [-0.39, 0.29) is 17.1 Å². The molecule has 0 fully saturated rings. The van der Waals surface area contributed by atoms with Crippen LogP contribution in [0.1, 0.15) is 30.6 Å². The van der Waals surface area contributed by atoms with Gasteiger partial charge in [0.15, 0.2) is 5.13 Å². The van der Waals surface area contributed by atoms with Crippen molar-refractivity contribution < 1.29 is 18.7 Å². The number of nitrogens with zero attached hydrogens (tertiary/aromatic N) is 1. The van der Waals surface area contributed by atoms with Gasteiger partial charge < -0.3 is 15.4 Å². The zero-order valence-electron chi connectivity index (χ0n) is 19.2. The Labute approximate surface area is 210 Å². The zero-order valence-corrected chi connectivity index (χ0v) is 20.8. The van der Waals surface area contributed by atoms with Crippen LogP contribution >= 0.6 is 23.1 Å². The molecule has 6 nitrogen and oxygen atoms in total. The fourth-order valence-corrected chi connectivity index (χ4v) is 5.25. The summed E-state index contributed by atoms with van der Waals surface area (Å²) in [6, 6.07) is 18.3. The second-order valence-corrected chi connectivity index (χ2v) is 9.88. The number of rotatable bonds is 9. The van der Waals surface area contributed by atoms with Crippen LogP contribution in [0.25, 0.3) is 10.2 Å². The highest BCUT2D eigenvalue weighted by Crippen LogP contribution is 2.32. The zero-order chi connectivity index (χ0) is 24.8. The lowest BCUT2D eigenvalue weighted by Gasteiger charge is -2.14. The standard InChI is InChI=1S/C26H24FN3O3S2/c1-3-22(25(32)30-26-29-21-13-12-19(33-4-2)15-23(21)35-26)34-20-7-5-6-18(14-20)28-24(31)16-8-10-17(27)11-9-16/h5-15,22H,3-4H2,1-2H3,(H,28,31)(H,29,30,32). The van der Waals surface area contributed by atoms with E-state index in [9.17, 15) is 14.0 Å². The fourth-order valence-electron chi connectivity index (χ4n) is 3.34. The summed E-state index contributed by atoms with van der Waals surface area (Å²) < 4.78 is 19.6. The van der Waals surface area contributed by atoms with E-state index >= 15 is 0 Å². The van der Waals surface area contributed by atoms with Crippen LogP contribution in [0, 0.1) is 5.82 Å². The van der Waals surface area contributed by atoms with Crippen molar-refractivity contribution in [3.05, 3.63) is 78.1 Å². The van der Waals surface area contributed by atoms with Gasteiger partial charge in [-0.1, -0.05) is 24.3 Å². The number of thiazole rings is 1. The number of hydrogen-bond acceptors (Lipinski definition) is 6. The number of thioether (sulfide) groups is 1. The summed E-state index contributed by atoms with van der Waals surface area (Å²) in [6.45, 7) is 4.46. The molecule has 2 N–H and O–H groups in total. The summed E-state index contributed by atoms with van der Waals surface area (Å²) in [5, 5.41) is 5.94. The molecule has 1 unspecified atom stereocenters. The quantitative estimate of drug-likeness (QED) is 0.249. The smallest absolute Gasteiger partial charge is 0.255 e. The summed E-state index contributed by atoms with van der Waals surface area (Å²) in [7, 11) is 0. The number of amides is 2. The first-order valence-electron chi connectivity index (χ1n) is 11.1. The van der Waals surface area contributed by atoms with E-state index in [1.165, 1.54) is 47.4 Å². The Morgan fingerprint density at radius 2 is 1.86 bits per heavy atom. The monoisotopic (exact) mass is 509 g/mol. The highest BCUT2D eigenvalue weighted by Gasteiger charge is 2.20. The van der Waals surface area contributed by atoms with Gasteiger partial charge in [-0.15, -0.1) is 11.8 Å². The number of nitrogens with one attached hydrogen (secondary N) is 2. The summed E-state index contributed by atoms with van der Waals surface area (Å²) in [5.74, 6) is -0.0949. The minimum absolute atomic E-state index is 0.137. The third-order valence-corrected chi connectivity index (χ3v) is 7.33. The van der Waals surface area contributed by atoms with E-state index in [1.54, 1.807) is 6.07 Å². The van der Waals surface area contributed by atoms with Crippen LogP contribution in [-0.2, 0) is 4.79 Å². The van der Waals surface area contributed by atoms with Crippen molar-refractivity contribution in [2.75, 3.05) is 17.2 Å². The summed E-state index contributed by atoms with van der Waals surface area (Å²) in [6.07, 6.45) is 0.613. The highest BCUT2D eigenvalue weighted by atomic mass is 32.2. The van der Waals surface area contributed by atoms with Crippen LogP contribution < -0.4 is 15.4 Å². The first kappa shape index (κ1) is 24.7. The first-order chi connectivity index (χ1) is 16.9. The molecule has 0 aliphatic rings. The summed E-state index contributed by atoms with van der Waals surface area (Å²) >= 11 is 2.82. The number of aromatic nitrogens is 1. The molecule has 2 amide bonds. The second-order valence-electron chi connectivity index (χ2n) is 7.57. The third-order valence-electron chi connectivity index (χ3n) is 5.04. The largest absolute Gasteiger partial charge is 0.494 e. The maximum Gasteiger partial charge on any atom is 0.255 e. The molecule has 0 radical (unpaired) electrons. The normalized spacial score (nSPS) is 11.7. The predicted octanol–water partition coefficient (Wildman–Crippen LogP) is 6.60. The van der Waals surface area contributed by atoms with Gasteiger partial charge in [0.25, 0.3) is 5.91 Å². The average molecular weight is 510 g/mol. The molecule has 4 aromatic rings. The molecule has 35 heavy (non-hydrogen) atoms. The van der Waals surface area contributed by atoms with Gasteiger partial charge in [0.05, 0.1) is 22.1 Å². The van der Waals surface area contributed by atoms with Crippen LogP contribution in [0.4, 0.5) is 15.2 Å². The molecule has 9 heteroatoms. The second kappa shape index (κ2) is 11.3. The molecular formula is C26H24FN3O3S2. The van der Waals surface area contributed by atoms with Gasteiger partial charge in [-0.2, -0.15) is 0 Å². The summed E-state index contributed by atoms with van der Waals surface area (Å²) in [5.41, 5.74) is 1.76. The van der Waals surface area contributed by atoms with Crippen LogP contribution in [0.15, 0.2) is 71.6 Å². The van der Waals surface area contributed by atoms with Crippen LogP contribution in [0.3, 0.4) is 0 Å². The molecule has 0 saturated carbocycles. The first-order valence-corrected chi connectivity index (χ1v) is 12.8. The maximum atomic E-state index is 13.1. The number of ether oxygens (including phenoxy) is 1. The molecule has 4 rings (SSSR count). The number of carbonyl (C=O) groups is 2. The number of halogens is 1. The average Bonchev–Trinajstić information content (AvgIpc) is 3.24. The molecule has 0 saturated heterocycles. The third kappa shape index (κ3) is 6.37. The minimum Gasteiger partial charge on any atom is -0.494 e. The Hall–Kier alpha value is -3.43. The Morgan fingerprint density at radius 3 is 2.60 bits per heavy atom. The van der Waals surface area contributed by atoms with Crippen molar-refractivity contribution in [3.63, 3.8) is 0 Å². The molecule has 0 bridgehead atoms. The summed E-state index contributed by atoms with van der Waals surface area (Å²) in [4.78, 5) is 30.8. The van der Waals surface area contributed by atoms with Gasteiger partial charge >= 0.3 is 0 Å². The van der Waals surface area contributed by atoms with Gasteiger partial charge in [0, 0.05) is 16.1 Å². The van der Waals surface area contributed by atoms with Crippen molar-refractivity contribution in [1.29, 1.82) is 0 Å². The van der Waals surface area contributed by atoms with E-state index in [0.29, 0.717) is 29.4 Å². The minimum atomic E-state index is -0.398. The molecule has 180 valence electrons. The molecule has 0 aliphatic carbocycles. The van der Waals surface area contributed by atoms with Gasteiger partial charge in [-0.25, -0.2) is 9.37 Å². The fraction of sp³-hybridized carbons (Fsp3) is 0.192. The Balaban J connectivity index is 1.41. The Kier molecular flexibility index (Phi) is 7.99. The lowest BCUT2D eigenvalue weighted by Crippen LogP contribution is -2.24. The van der Waals surface area contributed by atoms with Gasteiger partial charge in [-0.05, 0) is 74.0 Å². The van der Waals surface area contributed by atoms with Crippen molar-refractivity contribution in [2.24, 2.45) is 0 Å². The van der Waals surface area contributed by atoms with E-state index in [0.717, 1.165) is 20.9 Å². The van der Waals surface area contributed by atoms with E-state index in [2.05, 4.69) is 15.6 Å². The Bertz CT molecular complexity index is 1340.